The van der Waals surface area contributed by atoms with Gasteiger partial charge in [0.2, 0.25) is 0 Å². The molecule has 0 heterocycles. The third kappa shape index (κ3) is 6.30. The molecular weight excluding hydrogens is 316 g/mol. The van der Waals surface area contributed by atoms with Crippen LogP contribution >= 0.6 is 0 Å². The van der Waals surface area contributed by atoms with Crippen molar-refractivity contribution in [2.45, 2.75) is 26.7 Å². The highest BCUT2D eigenvalue weighted by Crippen LogP contribution is 2.19. The van der Waals surface area contributed by atoms with Crippen LogP contribution < -0.4 is 14.9 Å². The molecule has 0 radical (unpaired) electrons. The maximum absolute atomic E-state index is 11.8. The van der Waals surface area contributed by atoms with Crippen LogP contribution in [0.1, 0.15) is 37.8 Å². The summed E-state index contributed by atoms with van der Waals surface area (Å²) in [5.41, 5.74) is 4.50. The number of hydrazone groups is 1. The molecular formula is C20H24N2O3. The maximum Gasteiger partial charge on any atom is 0.277 e. The van der Waals surface area contributed by atoms with E-state index in [-0.39, 0.29) is 12.5 Å². The zero-order chi connectivity index (χ0) is 18.1. The molecule has 2 rings (SSSR count). The average molecular weight is 340 g/mol. The summed E-state index contributed by atoms with van der Waals surface area (Å²) in [7, 11) is 0. The van der Waals surface area contributed by atoms with Crippen LogP contribution in [0, 0.1) is 0 Å². The van der Waals surface area contributed by atoms with Crippen LogP contribution in [0.3, 0.4) is 0 Å². The van der Waals surface area contributed by atoms with E-state index in [1.54, 1.807) is 6.21 Å². The van der Waals surface area contributed by atoms with Crippen molar-refractivity contribution in [1.29, 1.82) is 0 Å². The largest absolute Gasteiger partial charge is 0.494 e. The topological polar surface area (TPSA) is 59.9 Å². The van der Waals surface area contributed by atoms with E-state index in [0.29, 0.717) is 18.3 Å². The Bertz CT molecular complexity index is 709. The van der Waals surface area contributed by atoms with Crippen molar-refractivity contribution in [3.8, 4) is 11.5 Å². The van der Waals surface area contributed by atoms with Gasteiger partial charge in [-0.15, -0.1) is 0 Å². The van der Waals surface area contributed by atoms with E-state index in [1.807, 2.05) is 55.5 Å². The third-order valence-corrected chi connectivity index (χ3v) is 3.49. The summed E-state index contributed by atoms with van der Waals surface area (Å²) in [5.74, 6) is 1.59. The van der Waals surface area contributed by atoms with Crippen molar-refractivity contribution in [3.63, 3.8) is 0 Å². The van der Waals surface area contributed by atoms with E-state index in [4.69, 9.17) is 9.47 Å². The van der Waals surface area contributed by atoms with Crippen LogP contribution in [0.5, 0.6) is 11.5 Å². The van der Waals surface area contributed by atoms with Gasteiger partial charge in [0.05, 0.1) is 12.8 Å². The molecule has 1 amide bonds. The molecule has 0 spiro atoms. The fraction of sp³-hybridized carbons (Fsp3) is 0.300. The van der Waals surface area contributed by atoms with Crippen LogP contribution in [0.15, 0.2) is 53.6 Å². The molecule has 1 N–H and O–H groups in total. The fourth-order valence-electron chi connectivity index (χ4n) is 2.14. The smallest absolute Gasteiger partial charge is 0.277 e. The lowest BCUT2D eigenvalue weighted by Gasteiger charge is -2.09. The maximum atomic E-state index is 11.8. The Morgan fingerprint density at radius 2 is 1.88 bits per heavy atom. The van der Waals surface area contributed by atoms with Gasteiger partial charge in [-0.1, -0.05) is 26.0 Å². The van der Waals surface area contributed by atoms with Gasteiger partial charge >= 0.3 is 0 Å². The summed E-state index contributed by atoms with van der Waals surface area (Å²) < 4.78 is 10.9. The molecule has 2 aromatic carbocycles. The highest BCUT2D eigenvalue weighted by atomic mass is 16.5. The molecule has 132 valence electrons. The molecule has 2 aromatic rings. The molecule has 0 fully saturated rings. The molecule has 0 aliphatic rings. The van der Waals surface area contributed by atoms with Crippen LogP contribution in [0.4, 0.5) is 0 Å². The minimum Gasteiger partial charge on any atom is -0.494 e. The Labute approximate surface area is 148 Å². The third-order valence-electron chi connectivity index (χ3n) is 3.49. The molecule has 0 aliphatic carbocycles. The summed E-state index contributed by atoms with van der Waals surface area (Å²) >= 11 is 0. The summed E-state index contributed by atoms with van der Waals surface area (Å²) in [4.78, 5) is 11.8. The van der Waals surface area contributed by atoms with E-state index >= 15 is 0 Å². The SMILES string of the molecule is CCOc1ccc(/C=N/NC(=O)COc2cccc(C(C)C)c2)cc1. The first-order valence-corrected chi connectivity index (χ1v) is 8.36. The van der Waals surface area contributed by atoms with Gasteiger partial charge in [0.1, 0.15) is 11.5 Å². The highest BCUT2D eigenvalue weighted by molar-refractivity contribution is 5.83. The van der Waals surface area contributed by atoms with Crippen LogP contribution in [-0.4, -0.2) is 25.3 Å². The number of nitrogens with one attached hydrogen (secondary N) is 1. The number of hydrogen-bond acceptors (Lipinski definition) is 4. The predicted octanol–water partition coefficient (Wildman–Crippen LogP) is 3.74. The average Bonchev–Trinajstić information content (AvgIpc) is 2.62. The predicted molar refractivity (Wildman–Crippen MR) is 99.4 cm³/mol. The van der Waals surface area contributed by atoms with Crippen LogP contribution in [-0.2, 0) is 4.79 Å². The van der Waals surface area contributed by atoms with E-state index in [2.05, 4.69) is 24.4 Å². The normalized spacial score (nSPS) is 10.9. The second kappa shape index (κ2) is 9.47. The first kappa shape index (κ1) is 18.5. The Morgan fingerprint density at radius 1 is 1.12 bits per heavy atom. The van der Waals surface area contributed by atoms with E-state index in [9.17, 15) is 4.79 Å². The van der Waals surface area contributed by atoms with E-state index < -0.39 is 0 Å². The minimum absolute atomic E-state index is 0.0812. The number of nitrogens with zero attached hydrogens (tertiary/aromatic N) is 1. The molecule has 0 unspecified atom stereocenters. The Hall–Kier alpha value is -2.82. The number of carbonyl (C=O) groups excluding carboxylic acids is 1. The number of ether oxygens (including phenoxy) is 2. The number of amides is 1. The monoisotopic (exact) mass is 340 g/mol. The number of hydrogen-bond donors (Lipinski definition) is 1. The molecule has 5 heteroatoms. The lowest BCUT2D eigenvalue weighted by atomic mass is 10.0. The lowest BCUT2D eigenvalue weighted by Crippen LogP contribution is -2.24. The standard InChI is InChI=1S/C20H24N2O3/c1-4-24-18-10-8-16(9-11-18)13-21-22-20(23)14-25-19-7-5-6-17(12-19)15(2)3/h5-13,15H,4,14H2,1-3H3,(H,22,23)/b21-13+. The van der Waals surface area contributed by atoms with Crippen LogP contribution in [0.25, 0.3) is 0 Å². The zero-order valence-corrected chi connectivity index (χ0v) is 14.9. The van der Waals surface area contributed by atoms with Crippen molar-refractivity contribution < 1.29 is 14.3 Å². The summed E-state index contributed by atoms with van der Waals surface area (Å²) in [6, 6.07) is 15.2. The lowest BCUT2D eigenvalue weighted by molar-refractivity contribution is -0.123. The van der Waals surface area contributed by atoms with Gasteiger partial charge in [0.25, 0.3) is 5.91 Å². The summed E-state index contributed by atoms with van der Waals surface area (Å²) in [6.07, 6.45) is 1.58. The Morgan fingerprint density at radius 3 is 2.56 bits per heavy atom. The first-order valence-electron chi connectivity index (χ1n) is 8.36. The molecule has 5 nitrogen and oxygen atoms in total. The quantitative estimate of drug-likeness (QED) is 0.588. The second-order valence-electron chi connectivity index (χ2n) is 5.81. The van der Waals surface area contributed by atoms with Crippen LogP contribution in [0.2, 0.25) is 0 Å². The number of benzene rings is 2. The zero-order valence-electron chi connectivity index (χ0n) is 14.9. The first-order chi connectivity index (χ1) is 12.1. The Kier molecular flexibility index (Phi) is 7.01. The van der Waals surface area contributed by atoms with Gasteiger partial charge in [0.15, 0.2) is 6.61 Å². The van der Waals surface area contributed by atoms with Gasteiger partial charge in [-0.3, -0.25) is 4.79 Å². The van der Waals surface area contributed by atoms with Crippen molar-refractivity contribution in [1.82, 2.24) is 5.43 Å². The minimum atomic E-state index is -0.308. The molecule has 0 aliphatic heterocycles. The van der Waals surface area contributed by atoms with Crippen molar-refractivity contribution in [2.24, 2.45) is 5.10 Å². The van der Waals surface area contributed by atoms with Gasteiger partial charge < -0.3 is 9.47 Å². The summed E-state index contributed by atoms with van der Waals surface area (Å²) in [6.45, 7) is 6.71. The molecule has 25 heavy (non-hydrogen) atoms. The van der Waals surface area contributed by atoms with Gasteiger partial charge in [0, 0.05) is 0 Å². The van der Waals surface area contributed by atoms with E-state index in [0.717, 1.165) is 11.3 Å². The Balaban J connectivity index is 1.79. The molecule has 0 atom stereocenters. The molecule has 0 bridgehead atoms. The van der Waals surface area contributed by atoms with Gasteiger partial charge in [-0.25, -0.2) is 5.43 Å². The highest BCUT2D eigenvalue weighted by Gasteiger charge is 2.04. The molecule has 0 aromatic heterocycles. The number of carbonyl (C=O) groups is 1. The van der Waals surface area contributed by atoms with Gasteiger partial charge in [-0.2, -0.15) is 5.10 Å². The van der Waals surface area contributed by atoms with Crippen molar-refractivity contribution in [3.05, 3.63) is 59.7 Å². The van der Waals surface area contributed by atoms with Crippen molar-refractivity contribution in [2.75, 3.05) is 13.2 Å². The van der Waals surface area contributed by atoms with E-state index in [1.165, 1.54) is 5.56 Å². The number of rotatable bonds is 8. The second-order valence-corrected chi connectivity index (χ2v) is 5.81. The summed E-state index contributed by atoms with van der Waals surface area (Å²) in [5, 5.41) is 3.93. The van der Waals surface area contributed by atoms with Gasteiger partial charge in [-0.05, 0) is 60.4 Å². The fourth-order valence-corrected chi connectivity index (χ4v) is 2.14. The molecule has 0 saturated carbocycles. The molecule has 0 saturated heterocycles. The van der Waals surface area contributed by atoms with Crippen molar-refractivity contribution >= 4 is 12.1 Å².